The van der Waals surface area contributed by atoms with Gasteiger partial charge in [0.25, 0.3) is 0 Å². The molecule has 1 aliphatic rings. The van der Waals surface area contributed by atoms with Crippen molar-refractivity contribution < 1.29 is 0 Å². The number of benzene rings is 1. The van der Waals surface area contributed by atoms with E-state index in [0.29, 0.717) is 5.92 Å². The van der Waals surface area contributed by atoms with E-state index in [2.05, 4.69) is 72.6 Å². The van der Waals surface area contributed by atoms with E-state index in [1.165, 1.54) is 21.7 Å². The lowest BCUT2D eigenvalue weighted by Gasteiger charge is -2.11. The van der Waals surface area contributed by atoms with E-state index in [-0.39, 0.29) is 6.04 Å². The van der Waals surface area contributed by atoms with Gasteiger partial charge in [0, 0.05) is 0 Å². The first-order valence-electron chi connectivity index (χ1n) is 6.61. The number of hydrogen-bond donors (Lipinski definition) is 2. The fourth-order valence-corrected chi connectivity index (χ4v) is 2.96. The average molecular weight is 270 g/mol. The molecule has 0 aliphatic carbocycles. The fraction of sp³-hybridized carbons (Fsp3) is 0.250. The van der Waals surface area contributed by atoms with Crippen LogP contribution in [0.1, 0.15) is 41.8 Å². The SMILES string of the molecule is CC(C)c1ccc(C2C=C(c3cccs3)NN2)cc1. The molecule has 19 heavy (non-hydrogen) atoms. The zero-order chi connectivity index (χ0) is 13.2. The van der Waals surface area contributed by atoms with Crippen molar-refractivity contribution >= 4 is 17.0 Å². The van der Waals surface area contributed by atoms with Crippen LogP contribution in [0.4, 0.5) is 0 Å². The third-order valence-corrected chi connectivity index (χ3v) is 4.35. The molecule has 2 aromatic rings. The highest BCUT2D eigenvalue weighted by Crippen LogP contribution is 2.27. The van der Waals surface area contributed by atoms with Crippen LogP contribution in [0.3, 0.4) is 0 Å². The highest BCUT2D eigenvalue weighted by atomic mass is 32.1. The van der Waals surface area contributed by atoms with E-state index >= 15 is 0 Å². The maximum Gasteiger partial charge on any atom is 0.0714 e. The molecule has 3 rings (SSSR count). The molecule has 1 aromatic heterocycles. The monoisotopic (exact) mass is 270 g/mol. The van der Waals surface area contributed by atoms with Gasteiger partial charge in [0.15, 0.2) is 0 Å². The smallest absolute Gasteiger partial charge is 0.0714 e. The minimum absolute atomic E-state index is 0.248. The van der Waals surface area contributed by atoms with Crippen molar-refractivity contribution in [3.05, 3.63) is 63.9 Å². The van der Waals surface area contributed by atoms with E-state index in [1.807, 2.05) is 0 Å². The molecule has 0 saturated heterocycles. The molecular formula is C16H18N2S. The Balaban J connectivity index is 1.80. The van der Waals surface area contributed by atoms with E-state index in [9.17, 15) is 0 Å². The first-order valence-corrected chi connectivity index (χ1v) is 7.49. The van der Waals surface area contributed by atoms with Gasteiger partial charge >= 0.3 is 0 Å². The summed E-state index contributed by atoms with van der Waals surface area (Å²) in [5.41, 5.74) is 10.4. The van der Waals surface area contributed by atoms with Crippen molar-refractivity contribution in [1.82, 2.24) is 10.9 Å². The summed E-state index contributed by atoms with van der Waals surface area (Å²) >= 11 is 1.75. The summed E-state index contributed by atoms with van der Waals surface area (Å²) in [6.45, 7) is 4.44. The molecule has 2 heterocycles. The molecule has 1 aliphatic heterocycles. The first kappa shape index (κ1) is 12.5. The summed E-state index contributed by atoms with van der Waals surface area (Å²) < 4.78 is 0. The van der Waals surface area contributed by atoms with Gasteiger partial charge in [0.2, 0.25) is 0 Å². The molecule has 1 aromatic carbocycles. The Labute approximate surface area is 118 Å². The maximum atomic E-state index is 3.32. The van der Waals surface area contributed by atoms with Crippen molar-refractivity contribution in [2.75, 3.05) is 0 Å². The third-order valence-electron chi connectivity index (χ3n) is 3.44. The zero-order valence-electron chi connectivity index (χ0n) is 11.2. The van der Waals surface area contributed by atoms with Crippen molar-refractivity contribution in [3.8, 4) is 0 Å². The van der Waals surface area contributed by atoms with E-state index in [4.69, 9.17) is 0 Å². The van der Waals surface area contributed by atoms with E-state index in [0.717, 1.165) is 0 Å². The van der Waals surface area contributed by atoms with Crippen LogP contribution in [0.15, 0.2) is 47.9 Å². The topological polar surface area (TPSA) is 24.1 Å². The van der Waals surface area contributed by atoms with Crippen molar-refractivity contribution in [1.29, 1.82) is 0 Å². The molecule has 0 spiro atoms. The van der Waals surface area contributed by atoms with Gasteiger partial charge in [-0.1, -0.05) is 44.2 Å². The molecule has 2 nitrogen and oxygen atoms in total. The van der Waals surface area contributed by atoms with Gasteiger partial charge in [-0.05, 0) is 34.6 Å². The highest BCUT2D eigenvalue weighted by molar-refractivity contribution is 7.11. The summed E-state index contributed by atoms with van der Waals surface area (Å²) in [4.78, 5) is 1.27. The number of thiophene rings is 1. The lowest BCUT2D eigenvalue weighted by atomic mass is 9.99. The average Bonchev–Trinajstić information content (AvgIpc) is 3.10. The van der Waals surface area contributed by atoms with Gasteiger partial charge in [-0.25, -0.2) is 5.43 Å². The number of hydrazine groups is 1. The predicted molar refractivity (Wildman–Crippen MR) is 81.8 cm³/mol. The predicted octanol–water partition coefficient (Wildman–Crippen LogP) is 4.06. The Morgan fingerprint density at radius 2 is 1.89 bits per heavy atom. The van der Waals surface area contributed by atoms with Crippen LogP contribution in [0.5, 0.6) is 0 Å². The minimum Gasteiger partial charge on any atom is -0.319 e. The van der Waals surface area contributed by atoms with Crippen LogP contribution in [0.2, 0.25) is 0 Å². The number of rotatable bonds is 3. The van der Waals surface area contributed by atoms with Crippen LogP contribution in [0, 0.1) is 0 Å². The van der Waals surface area contributed by atoms with Gasteiger partial charge < -0.3 is 5.43 Å². The molecule has 0 saturated carbocycles. The third kappa shape index (κ3) is 2.57. The number of nitrogens with one attached hydrogen (secondary N) is 2. The van der Waals surface area contributed by atoms with Gasteiger partial charge in [0.05, 0.1) is 16.6 Å². The van der Waals surface area contributed by atoms with Crippen LogP contribution in [-0.2, 0) is 0 Å². The molecule has 0 amide bonds. The molecule has 2 N–H and O–H groups in total. The second-order valence-corrected chi connectivity index (χ2v) is 6.07. The number of hydrogen-bond acceptors (Lipinski definition) is 3. The molecule has 1 unspecified atom stereocenters. The van der Waals surface area contributed by atoms with Gasteiger partial charge in [0.1, 0.15) is 0 Å². The van der Waals surface area contributed by atoms with Crippen LogP contribution in [0.25, 0.3) is 5.70 Å². The standard InChI is InChI=1S/C16H18N2S/c1-11(2)12-5-7-13(8-6-12)14-10-15(18-17-14)16-4-3-9-19-16/h3-11,14,17-18H,1-2H3. The first-order chi connectivity index (χ1) is 9.24. The second-order valence-electron chi connectivity index (χ2n) is 5.13. The summed E-state index contributed by atoms with van der Waals surface area (Å²) in [7, 11) is 0. The molecule has 1 atom stereocenters. The normalized spacial score (nSPS) is 18.5. The molecular weight excluding hydrogens is 252 g/mol. The molecule has 98 valence electrons. The second kappa shape index (κ2) is 5.19. The van der Waals surface area contributed by atoms with Crippen molar-refractivity contribution in [2.45, 2.75) is 25.8 Å². The lowest BCUT2D eigenvalue weighted by Crippen LogP contribution is -2.26. The van der Waals surface area contributed by atoms with Crippen LogP contribution in [-0.4, -0.2) is 0 Å². The maximum absolute atomic E-state index is 3.32. The van der Waals surface area contributed by atoms with Gasteiger partial charge in [-0.3, -0.25) is 0 Å². The molecule has 0 bridgehead atoms. The highest BCUT2D eigenvalue weighted by Gasteiger charge is 2.17. The molecule has 3 heteroatoms. The van der Waals surface area contributed by atoms with Crippen molar-refractivity contribution in [2.24, 2.45) is 0 Å². The molecule has 0 fully saturated rings. The Kier molecular flexibility index (Phi) is 3.40. The van der Waals surface area contributed by atoms with Crippen LogP contribution >= 0.6 is 11.3 Å². The summed E-state index contributed by atoms with van der Waals surface area (Å²) in [6.07, 6.45) is 2.25. The molecule has 0 radical (unpaired) electrons. The van der Waals surface area contributed by atoms with Crippen LogP contribution < -0.4 is 10.9 Å². The Hall–Kier alpha value is -1.58. The zero-order valence-corrected chi connectivity index (χ0v) is 12.0. The Morgan fingerprint density at radius 3 is 2.53 bits per heavy atom. The quantitative estimate of drug-likeness (QED) is 0.879. The Morgan fingerprint density at radius 1 is 1.11 bits per heavy atom. The lowest BCUT2D eigenvalue weighted by molar-refractivity contribution is 0.616. The summed E-state index contributed by atoms with van der Waals surface area (Å²) in [5.74, 6) is 0.584. The summed E-state index contributed by atoms with van der Waals surface area (Å²) in [6, 6.07) is 13.3. The fourth-order valence-electron chi connectivity index (χ4n) is 2.25. The minimum atomic E-state index is 0.248. The van der Waals surface area contributed by atoms with Gasteiger partial charge in [-0.15, -0.1) is 11.3 Å². The van der Waals surface area contributed by atoms with Crippen molar-refractivity contribution in [3.63, 3.8) is 0 Å². The van der Waals surface area contributed by atoms with E-state index in [1.54, 1.807) is 11.3 Å². The van der Waals surface area contributed by atoms with E-state index < -0.39 is 0 Å². The summed E-state index contributed by atoms with van der Waals surface area (Å²) in [5, 5.41) is 2.10. The largest absolute Gasteiger partial charge is 0.319 e. The Bertz CT molecular complexity index is 567. The van der Waals surface area contributed by atoms with Gasteiger partial charge in [-0.2, -0.15) is 0 Å².